The average Bonchev–Trinajstić information content (AvgIpc) is 2.46. The Balaban J connectivity index is 2.99. The highest BCUT2D eigenvalue weighted by Crippen LogP contribution is 2.12. The van der Waals surface area contributed by atoms with Crippen LogP contribution in [0, 0.1) is 0 Å². The van der Waals surface area contributed by atoms with Gasteiger partial charge in [-0.05, 0) is 18.4 Å². The van der Waals surface area contributed by atoms with Crippen LogP contribution in [0.1, 0.15) is 89.9 Å². The monoisotopic (exact) mass is 296 g/mol. The first-order valence-electron chi connectivity index (χ1n) is 8.56. The van der Waals surface area contributed by atoms with Crippen LogP contribution in [0.2, 0.25) is 0 Å². The molecule has 0 aromatic heterocycles. The molecular formula is C16H32N4O. The van der Waals surface area contributed by atoms with E-state index in [9.17, 15) is 4.79 Å². The molecule has 0 aromatic rings. The molecule has 0 spiro atoms. The SMILES string of the molecule is [N-]=[N+]=NCCCCCCCCCCCCCCCC(N)=O. The van der Waals surface area contributed by atoms with Gasteiger partial charge in [0.15, 0.2) is 0 Å². The molecule has 0 unspecified atom stereocenters. The van der Waals surface area contributed by atoms with E-state index in [0.29, 0.717) is 13.0 Å². The Bertz CT molecular complexity index is 274. The van der Waals surface area contributed by atoms with Crippen molar-refractivity contribution in [3.05, 3.63) is 10.4 Å². The van der Waals surface area contributed by atoms with E-state index < -0.39 is 0 Å². The van der Waals surface area contributed by atoms with Crippen LogP contribution in [-0.4, -0.2) is 12.5 Å². The van der Waals surface area contributed by atoms with Gasteiger partial charge in [0.1, 0.15) is 0 Å². The lowest BCUT2D eigenvalue weighted by molar-refractivity contribution is -0.118. The van der Waals surface area contributed by atoms with Crippen LogP contribution >= 0.6 is 0 Å². The molecule has 0 aliphatic carbocycles. The maximum Gasteiger partial charge on any atom is 0.217 e. The van der Waals surface area contributed by atoms with Crippen molar-refractivity contribution in [1.29, 1.82) is 0 Å². The highest BCUT2D eigenvalue weighted by molar-refractivity contribution is 5.73. The van der Waals surface area contributed by atoms with Crippen LogP contribution in [0.25, 0.3) is 10.4 Å². The summed E-state index contributed by atoms with van der Waals surface area (Å²) in [6.45, 7) is 0.649. The third kappa shape index (κ3) is 18.8. The Morgan fingerprint density at radius 1 is 0.762 bits per heavy atom. The van der Waals surface area contributed by atoms with Gasteiger partial charge in [0, 0.05) is 17.9 Å². The summed E-state index contributed by atoms with van der Waals surface area (Å²) in [5.74, 6) is -0.173. The second-order valence-electron chi connectivity index (χ2n) is 5.77. The average molecular weight is 296 g/mol. The van der Waals surface area contributed by atoms with Gasteiger partial charge in [0.05, 0.1) is 0 Å². The summed E-state index contributed by atoms with van der Waals surface area (Å²) in [7, 11) is 0. The van der Waals surface area contributed by atoms with E-state index in [2.05, 4.69) is 10.0 Å². The molecule has 21 heavy (non-hydrogen) atoms. The third-order valence-corrected chi connectivity index (χ3v) is 3.74. The Hall–Kier alpha value is -1.22. The molecule has 5 nitrogen and oxygen atoms in total. The molecule has 0 heterocycles. The summed E-state index contributed by atoms with van der Waals surface area (Å²) in [5, 5.41) is 3.53. The minimum atomic E-state index is -0.173. The van der Waals surface area contributed by atoms with Crippen LogP contribution in [0.15, 0.2) is 5.11 Å². The number of hydrogen-bond acceptors (Lipinski definition) is 2. The smallest absolute Gasteiger partial charge is 0.217 e. The van der Waals surface area contributed by atoms with Crippen molar-refractivity contribution in [3.8, 4) is 0 Å². The van der Waals surface area contributed by atoms with Gasteiger partial charge in [0.2, 0.25) is 5.91 Å². The molecule has 0 aliphatic rings. The molecule has 0 bridgehead atoms. The van der Waals surface area contributed by atoms with Crippen LogP contribution < -0.4 is 5.73 Å². The molecule has 5 heteroatoms. The molecule has 0 atom stereocenters. The largest absolute Gasteiger partial charge is 0.370 e. The Morgan fingerprint density at radius 2 is 1.14 bits per heavy atom. The predicted molar refractivity (Wildman–Crippen MR) is 87.8 cm³/mol. The molecule has 0 saturated carbocycles. The highest BCUT2D eigenvalue weighted by atomic mass is 16.1. The fourth-order valence-electron chi connectivity index (χ4n) is 2.47. The van der Waals surface area contributed by atoms with E-state index in [4.69, 9.17) is 11.3 Å². The van der Waals surface area contributed by atoms with Crippen LogP contribution in [0.4, 0.5) is 0 Å². The number of azide groups is 1. The Kier molecular flexibility index (Phi) is 15.9. The maximum atomic E-state index is 10.6. The fourth-order valence-corrected chi connectivity index (χ4v) is 2.47. The van der Waals surface area contributed by atoms with E-state index >= 15 is 0 Å². The third-order valence-electron chi connectivity index (χ3n) is 3.74. The number of hydrogen-bond donors (Lipinski definition) is 1. The van der Waals surface area contributed by atoms with Gasteiger partial charge >= 0.3 is 0 Å². The quantitative estimate of drug-likeness (QED) is 0.179. The van der Waals surface area contributed by atoms with E-state index in [0.717, 1.165) is 19.3 Å². The molecule has 1 amide bonds. The molecule has 0 saturated heterocycles. The topological polar surface area (TPSA) is 91.8 Å². The number of rotatable bonds is 16. The van der Waals surface area contributed by atoms with Crippen molar-refractivity contribution in [2.24, 2.45) is 10.8 Å². The zero-order chi connectivity index (χ0) is 15.6. The van der Waals surface area contributed by atoms with Gasteiger partial charge in [-0.3, -0.25) is 4.79 Å². The van der Waals surface area contributed by atoms with Crippen molar-refractivity contribution < 1.29 is 4.79 Å². The van der Waals surface area contributed by atoms with Gasteiger partial charge in [-0.2, -0.15) is 0 Å². The maximum absolute atomic E-state index is 10.6. The van der Waals surface area contributed by atoms with Gasteiger partial charge in [-0.25, -0.2) is 0 Å². The van der Waals surface area contributed by atoms with Crippen LogP contribution in [0.5, 0.6) is 0 Å². The molecule has 0 rings (SSSR count). The summed E-state index contributed by atoms with van der Waals surface area (Å²) in [6.07, 6.45) is 16.6. The van der Waals surface area contributed by atoms with E-state index in [1.165, 1.54) is 64.2 Å². The number of primary amides is 1. The van der Waals surface area contributed by atoms with Crippen LogP contribution in [-0.2, 0) is 4.79 Å². The summed E-state index contributed by atoms with van der Waals surface area (Å²) in [4.78, 5) is 13.3. The molecule has 0 aromatic carbocycles. The minimum absolute atomic E-state index is 0.173. The molecule has 2 N–H and O–H groups in total. The van der Waals surface area contributed by atoms with E-state index in [1.807, 2.05) is 0 Å². The number of carbonyl (C=O) groups excluding carboxylic acids is 1. The first-order valence-corrected chi connectivity index (χ1v) is 8.56. The zero-order valence-corrected chi connectivity index (χ0v) is 13.4. The summed E-state index contributed by atoms with van der Waals surface area (Å²) in [6, 6.07) is 0. The first-order chi connectivity index (χ1) is 10.3. The summed E-state index contributed by atoms with van der Waals surface area (Å²) >= 11 is 0. The van der Waals surface area contributed by atoms with Crippen molar-refractivity contribution in [1.82, 2.24) is 0 Å². The number of nitrogens with zero attached hydrogens (tertiary/aromatic N) is 3. The van der Waals surface area contributed by atoms with Gasteiger partial charge in [-0.15, -0.1) is 0 Å². The zero-order valence-electron chi connectivity index (χ0n) is 13.4. The lowest BCUT2D eigenvalue weighted by Gasteiger charge is -2.02. The molecular weight excluding hydrogens is 264 g/mol. The summed E-state index contributed by atoms with van der Waals surface area (Å²) < 4.78 is 0. The van der Waals surface area contributed by atoms with Gasteiger partial charge in [-0.1, -0.05) is 75.7 Å². The number of nitrogens with two attached hydrogens (primary N) is 1. The van der Waals surface area contributed by atoms with Crippen LogP contribution in [0.3, 0.4) is 0 Å². The van der Waals surface area contributed by atoms with Gasteiger partial charge in [0.25, 0.3) is 0 Å². The van der Waals surface area contributed by atoms with E-state index in [-0.39, 0.29) is 5.91 Å². The number of carbonyl (C=O) groups is 1. The standard InChI is InChI=1S/C16H32N4O/c17-16(21)14-12-10-8-6-4-2-1-3-5-7-9-11-13-15-19-20-18/h1-15H2,(H2,17,21). The number of amides is 1. The first kappa shape index (κ1) is 19.8. The normalized spacial score (nSPS) is 10.3. The molecule has 0 fully saturated rings. The fraction of sp³-hybridized carbons (Fsp3) is 0.938. The Labute approximate surface area is 129 Å². The van der Waals surface area contributed by atoms with Crippen molar-refractivity contribution in [2.45, 2.75) is 89.9 Å². The molecule has 0 radical (unpaired) electrons. The summed E-state index contributed by atoms with van der Waals surface area (Å²) in [5.41, 5.74) is 13.2. The second-order valence-corrected chi connectivity index (χ2v) is 5.77. The predicted octanol–water partition coefficient (Wildman–Crippen LogP) is 5.24. The second kappa shape index (κ2) is 16.8. The van der Waals surface area contributed by atoms with Crippen molar-refractivity contribution in [2.75, 3.05) is 6.54 Å². The van der Waals surface area contributed by atoms with Gasteiger partial charge < -0.3 is 5.73 Å². The highest BCUT2D eigenvalue weighted by Gasteiger charge is 1.96. The van der Waals surface area contributed by atoms with Crippen molar-refractivity contribution >= 4 is 5.91 Å². The van der Waals surface area contributed by atoms with E-state index in [1.54, 1.807) is 0 Å². The Morgan fingerprint density at radius 3 is 1.52 bits per heavy atom. The lowest BCUT2D eigenvalue weighted by Crippen LogP contribution is -2.09. The lowest BCUT2D eigenvalue weighted by atomic mass is 10.0. The van der Waals surface area contributed by atoms with Crippen molar-refractivity contribution in [3.63, 3.8) is 0 Å². The molecule has 0 aliphatic heterocycles. The number of unbranched alkanes of at least 4 members (excludes halogenated alkanes) is 12. The molecule has 122 valence electrons. The minimum Gasteiger partial charge on any atom is -0.370 e.